The van der Waals surface area contributed by atoms with Crippen LogP contribution in [0, 0.1) is 20.8 Å². The Morgan fingerprint density at radius 1 is 0.875 bits per heavy atom. The van der Waals surface area contributed by atoms with Gasteiger partial charge in [0.25, 0.3) is 10.0 Å². The van der Waals surface area contributed by atoms with Crippen molar-refractivity contribution in [3.05, 3.63) is 77.4 Å². The Hall–Kier alpha value is -3.10. The largest absolute Gasteiger partial charge is 0.494 e. The Morgan fingerprint density at radius 2 is 1.56 bits per heavy atom. The fraction of sp³-hybridized carbons (Fsp3) is 0.208. The minimum Gasteiger partial charge on any atom is -0.494 e. The molecular weight excluding hydrogens is 442 g/mol. The topological polar surface area (TPSA) is 79.5 Å². The van der Waals surface area contributed by atoms with E-state index in [4.69, 9.17) is 17.0 Å². The van der Waals surface area contributed by atoms with Crippen LogP contribution in [0.2, 0.25) is 0 Å². The van der Waals surface area contributed by atoms with Gasteiger partial charge in [-0.25, -0.2) is 8.42 Å². The van der Waals surface area contributed by atoms with Crippen molar-refractivity contribution in [1.82, 2.24) is 0 Å². The first-order chi connectivity index (χ1) is 15.2. The number of hydrogen-bond acceptors (Lipinski definition) is 4. The lowest BCUT2D eigenvalue weighted by molar-refractivity contribution is 0.340. The number of sulfonamides is 1. The van der Waals surface area contributed by atoms with Crippen LogP contribution in [0.15, 0.2) is 65.6 Å². The average molecular weight is 470 g/mol. The van der Waals surface area contributed by atoms with Crippen molar-refractivity contribution in [1.29, 1.82) is 0 Å². The van der Waals surface area contributed by atoms with Crippen LogP contribution >= 0.6 is 12.2 Å². The van der Waals surface area contributed by atoms with E-state index in [1.807, 2.05) is 52.0 Å². The summed E-state index contributed by atoms with van der Waals surface area (Å²) in [6.45, 7) is 8.33. The van der Waals surface area contributed by atoms with E-state index in [1.54, 1.807) is 36.4 Å². The lowest BCUT2D eigenvalue weighted by Crippen LogP contribution is -2.22. The first-order valence-corrected chi connectivity index (χ1v) is 12.1. The molecule has 0 saturated heterocycles. The molecule has 0 radical (unpaired) electrons. The van der Waals surface area contributed by atoms with E-state index in [9.17, 15) is 8.42 Å². The van der Waals surface area contributed by atoms with E-state index >= 15 is 0 Å². The van der Waals surface area contributed by atoms with Crippen LogP contribution in [0.1, 0.15) is 23.6 Å². The van der Waals surface area contributed by atoms with Gasteiger partial charge in [0.05, 0.1) is 12.3 Å². The number of hydrogen-bond donors (Lipinski definition) is 3. The van der Waals surface area contributed by atoms with E-state index in [0.29, 0.717) is 28.8 Å². The number of rotatable bonds is 7. The molecule has 0 aromatic heterocycles. The molecule has 3 N–H and O–H groups in total. The number of anilines is 3. The van der Waals surface area contributed by atoms with Gasteiger partial charge in [-0.3, -0.25) is 4.72 Å². The molecule has 8 heteroatoms. The molecule has 0 aliphatic rings. The maximum absolute atomic E-state index is 13.2. The highest BCUT2D eigenvalue weighted by Gasteiger charge is 2.20. The molecule has 168 valence electrons. The van der Waals surface area contributed by atoms with Crippen molar-refractivity contribution < 1.29 is 13.2 Å². The molecule has 3 aromatic carbocycles. The molecule has 0 fully saturated rings. The number of benzene rings is 3. The Morgan fingerprint density at radius 3 is 2.22 bits per heavy atom. The van der Waals surface area contributed by atoms with Gasteiger partial charge in [-0.1, -0.05) is 12.1 Å². The quantitative estimate of drug-likeness (QED) is 0.390. The lowest BCUT2D eigenvalue weighted by Gasteiger charge is -2.16. The van der Waals surface area contributed by atoms with Crippen molar-refractivity contribution in [2.45, 2.75) is 32.6 Å². The summed E-state index contributed by atoms with van der Waals surface area (Å²) in [5.41, 5.74) is 4.79. The van der Waals surface area contributed by atoms with Crippen LogP contribution in [0.25, 0.3) is 0 Å². The second-order valence-corrected chi connectivity index (χ2v) is 9.50. The molecule has 0 aliphatic heterocycles. The first kappa shape index (κ1) is 23.6. The van der Waals surface area contributed by atoms with Crippen LogP contribution in [0.3, 0.4) is 0 Å². The maximum atomic E-state index is 13.2. The van der Waals surface area contributed by atoms with E-state index in [0.717, 1.165) is 16.8 Å². The molecule has 0 amide bonds. The highest BCUT2D eigenvalue weighted by atomic mass is 32.2. The van der Waals surface area contributed by atoms with Crippen molar-refractivity contribution in [2.24, 2.45) is 0 Å². The van der Waals surface area contributed by atoms with Gasteiger partial charge in [-0.2, -0.15) is 0 Å². The zero-order valence-electron chi connectivity index (χ0n) is 18.5. The number of nitrogens with one attached hydrogen (secondary N) is 3. The molecule has 0 saturated carbocycles. The predicted octanol–water partition coefficient (Wildman–Crippen LogP) is 5.62. The normalized spacial score (nSPS) is 11.0. The molecule has 32 heavy (non-hydrogen) atoms. The molecular formula is C24H27N3O3S2. The van der Waals surface area contributed by atoms with Gasteiger partial charge in [0.2, 0.25) is 0 Å². The fourth-order valence-electron chi connectivity index (χ4n) is 3.05. The summed E-state index contributed by atoms with van der Waals surface area (Å²) in [5.74, 6) is 0.677. The molecule has 0 bridgehead atoms. The lowest BCUT2D eigenvalue weighted by atomic mass is 10.1. The third-order valence-corrected chi connectivity index (χ3v) is 6.48. The molecule has 0 unspecified atom stereocenters. The monoisotopic (exact) mass is 469 g/mol. The second-order valence-electron chi connectivity index (χ2n) is 7.44. The summed E-state index contributed by atoms with van der Waals surface area (Å²) >= 11 is 5.43. The van der Waals surface area contributed by atoms with Gasteiger partial charge < -0.3 is 15.4 Å². The molecule has 0 heterocycles. The van der Waals surface area contributed by atoms with Crippen molar-refractivity contribution in [2.75, 3.05) is 22.0 Å². The third kappa shape index (κ3) is 5.99. The zero-order chi connectivity index (χ0) is 23.3. The fourth-order valence-corrected chi connectivity index (χ4v) is 4.59. The second kappa shape index (κ2) is 10.0. The molecule has 0 spiro atoms. The highest BCUT2D eigenvalue weighted by molar-refractivity contribution is 7.93. The smallest absolute Gasteiger partial charge is 0.263 e. The summed E-state index contributed by atoms with van der Waals surface area (Å²) < 4.78 is 34.4. The van der Waals surface area contributed by atoms with Gasteiger partial charge in [0.1, 0.15) is 10.6 Å². The average Bonchev–Trinajstić information content (AvgIpc) is 2.73. The standard InChI is InChI=1S/C24H27N3O3S2/c1-5-30-21-11-9-19(10-12-21)27-32(28,29)23-14-16(2)6-13-22(23)26-24(31)25-20-8-7-17(3)18(4)15-20/h6-15,27H,5H2,1-4H3,(H2,25,26,31). The third-order valence-electron chi connectivity index (χ3n) is 4.86. The molecule has 6 nitrogen and oxygen atoms in total. The van der Waals surface area contributed by atoms with Crippen molar-refractivity contribution >= 4 is 44.4 Å². The minimum atomic E-state index is -3.86. The van der Waals surface area contributed by atoms with Gasteiger partial charge in [0, 0.05) is 11.4 Å². The predicted molar refractivity (Wildman–Crippen MR) is 135 cm³/mol. The van der Waals surface area contributed by atoms with Crippen LogP contribution in [0.5, 0.6) is 5.75 Å². The summed E-state index contributed by atoms with van der Waals surface area (Å²) in [4.78, 5) is 0.107. The van der Waals surface area contributed by atoms with E-state index in [2.05, 4.69) is 15.4 Å². The van der Waals surface area contributed by atoms with Gasteiger partial charge in [-0.15, -0.1) is 0 Å². The van der Waals surface area contributed by atoms with Crippen LogP contribution in [-0.4, -0.2) is 20.1 Å². The molecule has 0 atom stereocenters. The van der Waals surface area contributed by atoms with Crippen LogP contribution in [0.4, 0.5) is 17.1 Å². The Balaban J connectivity index is 1.81. The van der Waals surface area contributed by atoms with Crippen LogP contribution < -0.4 is 20.1 Å². The zero-order valence-corrected chi connectivity index (χ0v) is 20.2. The SMILES string of the molecule is CCOc1ccc(NS(=O)(=O)c2cc(C)ccc2NC(=S)Nc2ccc(C)c(C)c2)cc1. The van der Waals surface area contributed by atoms with E-state index in [1.165, 1.54) is 5.56 Å². The Bertz CT molecular complexity index is 1220. The number of ether oxygens (including phenoxy) is 1. The summed E-state index contributed by atoms with van der Waals surface area (Å²) in [7, 11) is -3.86. The number of thiocarbonyl (C=S) groups is 1. The molecule has 0 aliphatic carbocycles. The van der Waals surface area contributed by atoms with Crippen LogP contribution in [-0.2, 0) is 10.0 Å². The van der Waals surface area contributed by atoms with Crippen molar-refractivity contribution in [3.63, 3.8) is 0 Å². The van der Waals surface area contributed by atoms with Gasteiger partial charge >= 0.3 is 0 Å². The van der Waals surface area contributed by atoms with E-state index in [-0.39, 0.29) is 4.90 Å². The van der Waals surface area contributed by atoms with Gasteiger partial charge in [0.15, 0.2) is 5.11 Å². The first-order valence-electron chi connectivity index (χ1n) is 10.2. The van der Waals surface area contributed by atoms with Crippen molar-refractivity contribution in [3.8, 4) is 5.75 Å². The summed E-state index contributed by atoms with van der Waals surface area (Å²) in [6, 6.07) is 17.8. The molecule has 3 rings (SSSR count). The number of aryl methyl sites for hydroxylation is 3. The maximum Gasteiger partial charge on any atom is 0.263 e. The Kier molecular flexibility index (Phi) is 7.37. The Labute approximate surface area is 195 Å². The van der Waals surface area contributed by atoms with Gasteiger partial charge in [-0.05, 0) is 105 Å². The molecule has 3 aromatic rings. The summed E-state index contributed by atoms with van der Waals surface area (Å²) in [6.07, 6.45) is 0. The summed E-state index contributed by atoms with van der Waals surface area (Å²) in [5, 5.41) is 6.43. The van der Waals surface area contributed by atoms with E-state index < -0.39 is 10.0 Å². The highest BCUT2D eigenvalue weighted by Crippen LogP contribution is 2.26. The minimum absolute atomic E-state index is 0.107.